The Morgan fingerprint density at radius 2 is 2.12 bits per heavy atom. The lowest BCUT2D eigenvalue weighted by atomic mass is 10.2. The van der Waals surface area contributed by atoms with E-state index in [9.17, 15) is 9.59 Å². The minimum atomic E-state index is -1.02. The Morgan fingerprint density at radius 3 is 2.56 bits per heavy atom. The van der Waals surface area contributed by atoms with Crippen molar-refractivity contribution in [3.05, 3.63) is 23.2 Å². The first-order chi connectivity index (χ1) is 7.45. The molecule has 0 atom stereocenters. The Balaban J connectivity index is 2.79. The van der Waals surface area contributed by atoms with Crippen molar-refractivity contribution in [1.29, 1.82) is 0 Å². The Kier molecular flexibility index (Phi) is 3.71. The van der Waals surface area contributed by atoms with Gasteiger partial charge in [0.25, 0.3) is 0 Å². The van der Waals surface area contributed by atoms with Crippen LogP contribution >= 0.6 is 0 Å². The minimum absolute atomic E-state index is 0.00840. The normalized spacial score (nSPS) is 10.2. The number of rotatable bonds is 4. The SMILES string of the molecule is CCC(=O)N(C)Cc1cc(C(=O)O)c(C)o1. The van der Waals surface area contributed by atoms with E-state index in [4.69, 9.17) is 9.52 Å². The van der Waals surface area contributed by atoms with Crippen LogP contribution in [0.5, 0.6) is 0 Å². The average Bonchev–Trinajstić information content (AvgIpc) is 2.58. The topological polar surface area (TPSA) is 70.8 Å². The van der Waals surface area contributed by atoms with Crippen molar-refractivity contribution in [2.75, 3.05) is 7.05 Å². The third-order valence-corrected chi connectivity index (χ3v) is 2.32. The standard InChI is InChI=1S/C11H15NO4/c1-4-10(13)12(3)6-8-5-9(11(14)15)7(2)16-8/h5H,4,6H2,1-3H3,(H,14,15). The molecule has 0 saturated heterocycles. The molecule has 1 N–H and O–H groups in total. The monoisotopic (exact) mass is 225 g/mol. The van der Waals surface area contributed by atoms with Crippen molar-refractivity contribution in [2.24, 2.45) is 0 Å². The molecule has 88 valence electrons. The van der Waals surface area contributed by atoms with Gasteiger partial charge < -0.3 is 14.4 Å². The Morgan fingerprint density at radius 1 is 1.50 bits per heavy atom. The minimum Gasteiger partial charge on any atom is -0.478 e. The molecule has 0 aliphatic heterocycles. The van der Waals surface area contributed by atoms with E-state index >= 15 is 0 Å². The molecule has 0 aliphatic rings. The molecule has 1 heterocycles. The molecule has 0 fully saturated rings. The van der Waals surface area contributed by atoms with Crippen LogP contribution in [0.3, 0.4) is 0 Å². The third-order valence-electron chi connectivity index (χ3n) is 2.32. The van der Waals surface area contributed by atoms with Gasteiger partial charge in [-0.15, -0.1) is 0 Å². The summed E-state index contributed by atoms with van der Waals surface area (Å²) in [7, 11) is 1.66. The third kappa shape index (κ3) is 2.62. The summed E-state index contributed by atoms with van der Waals surface area (Å²) in [6, 6.07) is 1.46. The van der Waals surface area contributed by atoms with Crippen LogP contribution in [0.2, 0.25) is 0 Å². The lowest BCUT2D eigenvalue weighted by molar-refractivity contribution is -0.130. The molecule has 0 spiro atoms. The molecule has 0 bridgehead atoms. The Labute approximate surface area is 93.7 Å². The number of carbonyl (C=O) groups excluding carboxylic acids is 1. The first kappa shape index (κ1) is 12.3. The fourth-order valence-electron chi connectivity index (χ4n) is 1.43. The Hall–Kier alpha value is -1.78. The summed E-state index contributed by atoms with van der Waals surface area (Å²) in [5.74, 6) is -0.179. The number of carbonyl (C=O) groups is 2. The van der Waals surface area contributed by atoms with E-state index in [1.807, 2.05) is 0 Å². The molecule has 5 heteroatoms. The molecule has 0 aromatic carbocycles. The molecule has 5 nitrogen and oxygen atoms in total. The largest absolute Gasteiger partial charge is 0.478 e. The zero-order chi connectivity index (χ0) is 12.3. The van der Waals surface area contributed by atoms with Gasteiger partial charge in [-0.1, -0.05) is 6.92 Å². The van der Waals surface area contributed by atoms with Gasteiger partial charge in [-0.3, -0.25) is 4.79 Å². The van der Waals surface area contributed by atoms with Gasteiger partial charge in [-0.05, 0) is 13.0 Å². The predicted octanol–water partition coefficient (Wildman–Crippen LogP) is 1.65. The second-order valence-corrected chi connectivity index (χ2v) is 3.59. The number of hydrogen-bond acceptors (Lipinski definition) is 3. The van der Waals surface area contributed by atoms with Crippen molar-refractivity contribution in [3.63, 3.8) is 0 Å². The maximum atomic E-state index is 11.3. The number of aryl methyl sites for hydroxylation is 1. The van der Waals surface area contributed by atoms with Crippen molar-refractivity contribution >= 4 is 11.9 Å². The van der Waals surface area contributed by atoms with Gasteiger partial charge in [0.2, 0.25) is 5.91 Å². The van der Waals surface area contributed by atoms with Crippen LogP contribution in [0.1, 0.15) is 35.2 Å². The highest BCUT2D eigenvalue weighted by molar-refractivity contribution is 5.88. The summed E-state index contributed by atoms with van der Waals surface area (Å²) in [5.41, 5.74) is 0.146. The van der Waals surface area contributed by atoms with Gasteiger partial charge in [0, 0.05) is 13.5 Å². The molecular formula is C11H15NO4. The second-order valence-electron chi connectivity index (χ2n) is 3.59. The van der Waals surface area contributed by atoms with Gasteiger partial charge in [0.1, 0.15) is 17.1 Å². The van der Waals surface area contributed by atoms with Gasteiger partial charge >= 0.3 is 5.97 Å². The van der Waals surface area contributed by atoms with E-state index < -0.39 is 5.97 Å². The molecule has 1 aromatic heterocycles. The van der Waals surface area contributed by atoms with Crippen molar-refractivity contribution in [3.8, 4) is 0 Å². The van der Waals surface area contributed by atoms with Crippen molar-refractivity contribution in [1.82, 2.24) is 4.90 Å². The fraction of sp³-hybridized carbons (Fsp3) is 0.455. The van der Waals surface area contributed by atoms with Crippen molar-refractivity contribution in [2.45, 2.75) is 26.8 Å². The zero-order valence-electron chi connectivity index (χ0n) is 9.61. The number of carboxylic acid groups (broad SMARTS) is 1. The fourth-order valence-corrected chi connectivity index (χ4v) is 1.43. The molecule has 0 aliphatic carbocycles. The van der Waals surface area contributed by atoms with Crippen LogP contribution < -0.4 is 0 Å². The first-order valence-corrected chi connectivity index (χ1v) is 5.02. The van der Waals surface area contributed by atoms with E-state index in [0.717, 1.165) is 0 Å². The van der Waals surface area contributed by atoms with E-state index in [0.29, 0.717) is 24.5 Å². The first-order valence-electron chi connectivity index (χ1n) is 5.02. The van der Waals surface area contributed by atoms with Gasteiger partial charge in [0.05, 0.1) is 6.54 Å². The van der Waals surface area contributed by atoms with Crippen LogP contribution in [0.25, 0.3) is 0 Å². The summed E-state index contributed by atoms with van der Waals surface area (Å²) in [6.45, 7) is 3.66. The van der Waals surface area contributed by atoms with Crippen LogP contribution in [0.4, 0.5) is 0 Å². The van der Waals surface area contributed by atoms with E-state index in [2.05, 4.69) is 0 Å². The lowest BCUT2D eigenvalue weighted by Crippen LogP contribution is -2.24. The van der Waals surface area contributed by atoms with Crippen molar-refractivity contribution < 1.29 is 19.1 Å². The van der Waals surface area contributed by atoms with E-state index in [-0.39, 0.29) is 11.5 Å². The quantitative estimate of drug-likeness (QED) is 0.845. The highest BCUT2D eigenvalue weighted by Gasteiger charge is 2.15. The number of aromatic carboxylic acids is 1. The highest BCUT2D eigenvalue weighted by atomic mass is 16.4. The molecular weight excluding hydrogens is 210 g/mol. The number of furan rings is 1. The van der Waals surface area contributed by atoms with Crippen LogP contribution in [-0.2, 0) is 11.3 Å². The van der Waals surface area contributed by atoms with Gasteiger partial charge in [-0.2, -0.15) is 0 Å². The molecule has 16 heavy (non-hydrogen) atoms. The second kappa shape index (κ2) is 4.83. The smallest absolute Gasteiger partial charge is 0.339 e. The summed E-state index contributed by atoms with van der Waals surface area (Å²) < 4.78 is 5.27. The number of hydrogen-bond donors (Lipinski definition) is 1. The molecule has 0 unspecified atom stereocenters. The number of amides is 1. The maximum Gasteiger partial charge on any atom is 0.339 e. The highest BCUT2D eigenvalue weighted by Crippen LogP contribution is 2.16. The molecule has 1 amide bonds. The molecule has 1 rings (SSSR count). The zero-order valence-corrected chi connectivity index (χ0v) is 9.61. The van der Waals surface area contributed by atoms with Crippen LogP contribution in [0.15, 0.2) is 10.5 Å². The Bertz CT molecular complexity index is 408. The maximum absolute atomic E-state index is 11.3. The van der Waals surface area contributed by atoms with E-state index in [1.54, 1.807) is 20.9 Å². The molecule has 0 saturated carbocycles. The average molecular weight is 225 g/mol. The number of carboxylic acids is 1. The lowest BCUT2D eigenvalue weighted by Gasteiger charge is -2.13. The summed E-state index contributed by atoms with van der Waals surface area (Å²) in [6.07, 6.45) is 0.419. The van der Waals surface area contributed by atoms with Gasteiger partial charge in [-0.25, -0.2) is 4.79 Å². The van der Waals surface area contributed by atoms with Crippen LogP contribution in [-0.4, -0.2) is 28.9 Å². The van der Waals surface area contributed by atoms with E-state index in [1.165, 1.54) is 11.0 Å². The summed E-state index contributed by atoms with van der Waals surface area (Å²) in [5, 5.41) is 8.83. The molecule has 0 radical (unpaired) electrons. The van der Waals surface area contributed by atoms with Gasteiger partial charge in [0.15, 0.2) is 0 Å². The predicted molar refractivity (Wildman–Crippen MR) is 57.2 cm³/mol. The number of nitrogens with zero attached hydrogens (tertiary/aromatic N) is 1. The van der Waals surface area contributed by atoms with Crippen LogP contribution in [0, 0.1) is 6.92 Å². The molecule has 1 aromatic rings. The summed E-state index contributed by atoms with van der Waals surface area (Å²) >= 11 is 0. The summed E-state index contributed by atoms with van der Waals surface area (Å²) in [4.78, 5) is 23.6.